The Balaban J connectivity index is 1.31. The van der Waals surface area contributed by atoms with Crippen LogP contribution in [-0.4, -0.2) is 37.9 Å². The van der Waals surface area contributed by atoms with Gasteiger partial charge in [-0.15, -0.1) is 0 Å². The summed E-state index contributed by atoms with van der Waals surface area (Å²) < 4.78 is 16.9. The summed E-state index contributed by atoms with van der Waals surface area (Å²) in [5, 5.41) is 0. The van der Waals surface area contributed by atoms with E-state index >= 15 is 0 Å². The fraction of sp³-hybridized carbons (Fsp3) is 0.262. The Bertz CT molecular complexity index is 1800. The van der Waals surface area contributed by atoms with Gasteiger partial charge in [-0.2, -0.15) is 0 Å². The van der Waals surface area contributed by atoms with Crippen molar-refractivity contribution in [3.63, 3.8) is 0 Å². The first kappa shape index (κ1) is 32.2. The second-order valence-corrected chi connectivity index (χ2v) is 12.6. The van der Waals surface area contributed by atoms with Crippen LogP contribution in [0.5, 0.6) is 5.75 Å². The van der Waals surface area contributed by atoms with Crippen molar-refractivity contribution >= 4 is 5.97 Å². The summed E-state index contributed by atoms with van der Waals surface area (Å²) >= 11 is 0. The molecule has 0 heterocycles. The molecular weight excluding hydrogens is 582 g/mol. The molecule has 1 aliphatic rings. The lowest BCUT2D eigenvalue weighted by molar-refractivity contribution is -0.154. The maximum atomic E-state index is 12.2. The molecule has 0 spiro atoms. The molecule has 0 saturated carbocycles. The van der Waals surface area contributed by atoms with Crippen molar-refractivity contribution in [2.45, 2.75) is 50.7 Å². The van der Waals surface area contributed by atoms with Crippen LogP contribution in [0.3, 0.4) is 0 Å². The van der Waals surface area contributed by atoms with E-state index < -0.39 is 11.6 Å². The molecule has 6 rings (SSSR count). The number of carbonyl (C=O) groups is 1. The van der Waals surface area contributed by atoms with Gasteiger partial charge in [-0.1, -0.05) is 109 Å². The number of fused-ring (bicyclic) bond motifs is 2. The number of benzene rings is 5. The smallest absolute Gasteiger partial charge is 0.335 e. The van der Waals surface area contributed by atoms with Crippen molar-refractivity contribution in [3.05, 3.63) is 149 Å². The molecule has 5 aromatic rings. The first-order chi connectivity index (χ1) is 22.9. The molecule has 3 unspecified atom stereocenters. The minimum atomic E-state index is -0.735. The number of hydrogen-bond donors (Lipinski definition) is 1. The van der Waals surface area contributed by atoms with Crippen LogP contribution in [0.15, 0.2) is 121 Å². The molecule has 0 radical (unpaired) electrons. The Morgan fingerprint density at radius 3 is 2.02 bits per heavy atom. The highest BCUT2D eigenvalue weighted by Gasteiger charge is 2.38. The second kappa shape index (κ2) is 14.4. The van der Waals surface area contributed by atoms with E-state index in [9.17, 15) is 4.79 Å². The number of rotatable bonds is 11. The van der Waals surface area contributed by atoms with Crippen LogP contribution < -0.4 is 10.5 Å². The lowest BCUT2D eigenvalue weighted by Gasteiger charge is -2.36. The fourth-order valence-electron chi connectivity index (χ4n) is 6.72. The molecule has 5 aromatic carbocycles. The molecule has 0 fully saturated rings. The topological polar surface area (TPSA) is 70.8 Å². The van der Waals surface area contributed by atoms with Crippen LogP contribution in [0, 0.1) is 0 Å². The first-order valence-corrected chi connectivity index (χ1v) is 16.4. The lowest BCUT2D eigenvalue weighted by Crippen LogP contribution is -2.48. The predicted molar refractivity (Wildman–Crippen MR) is 189 cm³/mol. The number of carbonyl (C=O) groups excluding carboxylic acids is 1. The summed E-state index contributed by atoms with van der Waals surface area (Å²) in [7, 11) is 1.52. The van der Waals surface area contributed by atoms with Crippen LogP contribution in [0.1, 0.15) is 47.6 Å². The quantitative estimate of drug-likeness (QED) is 0.150. The molecule has 5 nitrogen and oxygen atoms in total. The summed E-state index contributed by atoms with van der Waals surface area (Å²) in [5.74, 6) is 0.279. The first-order valence-electron chi connectivity index (χ1n) is 16.4. The molecule has 0 aromatic heterocycles. The van der Waals surface area contributed by atoms with Crippen molar-refractivity contribution in [2.24, 2.45) is 5.73 Å². The highest BCUT2D eigenvalue weighted by molar-refractivity contribution is 5.75. The third-order valence-corrected chi connectivity index (χ3v) is 9.18. The van der Waals surface area contributed by atoms with Gasteiger partial charge < -0.3 is 19.9 Å². The number of nitrogens with two attached hydrogens (primary N) is 1. The Labute approximate surface area is 278 Å². The van der Waals surface area contributed by atoms with E-state index in [2.05, 4.69) is 97.9 Å². The van der Waals surface area contributed by atoms with Crippen molar-refractivity contribution in [1.82, 2.24) is 0 Å². The SMILES string of the molecule is CCOC(=O)C(Cc1ccc(OCC(C)(N)C2c3ccc(-c4ccccc4)cc3CCc3ccc(-c4ccccc4)cc32)cc1)OC. The van der Waals surface area contributed by atoms with Gasteiger partial charge in [-0.3, -0.25) is 0 Å². The summed E-state index contributed by atoms with van der Waals surface area (Å²) in [6.07, 6.45) is 1.66. The molecule has 2 N–H and O–H groups in total. The summed E-state index contributed by atoms with van der Waals surface area (Å²) in [6, 6.07) is 42.6. The van der Waals surface area contributed by atoms with Crippen molar-refractivity contribution in [1.29, 1.82) is 0 Å². The highest BCUT2D eigenvalue weighted by Crippen LogP contribution is 2.43. The van der Waals surface area contributed by atoms with Crippen LogP contribution >= 0.6 is 0 Å². The minimum Gasteiger partial charge on any atom is -0.492 e. The summed E-state index contributed by atoms with van der Waals surface area (Å²) in [4.78, 5) is 12.2. The van der Waals surface area contributed by atoms with Crippen LogP contribution in [0.25, 0.3) is 22.3 Å². The zero-order valence-electron chi connectivity index (χ0n) is 27.4. The van der Waals surface area contributed by atoms with Crippen molar-refractivity contribution in [2.75, 3.05) is 20.3 Å². The summed E-state index contributed by atoms with van der Waals surface area (Å²) in [6.45, 7) is 4.53. The fourth-order valence-corrected chi connectivity index (χ4v) is 6.72. The zero-order chi connectivity index (χ0) is 32.8. The van der Waals surface area contributed by atoms with Gasteiger partial charge in [-0.05, 0) is 88.9 Å². The minimum absolute atomic E-state index is 0.0881. The van der Waals surface area contributed by atoms with E-state index in [1.54, 1.807) is 6.92 Å². The van der Waals surface area contributed by atoms with Crippen LogP contribution in [-0.2, 0) is 33.5 Å². The van der Waals surface area contributed by atoms with Crippen LogP contribution in [0.4, 0.5) is 0 Å². The van der Waals surface area contributed by atoms with Gasteiger partial charge in [-0.25, -0.2) is 4.79 Å². The number of ether oxygens (including phenoxy) is 3. The van der Waals surface area contributed by atoms with E-state index in [4.69, 9.17) is 19.9 Å². The Kier molecular flexibility index (Phi) is 9.86. The molecule has 0 amide bonds. The van der Waals surface area contributed by atoms with Gasteiger partial charge in [0, 0.05) is 19.4 Å². The lowest BCUT2D eigenvalue weighted by atomic mass is 9.74. The van der Waals surface area contributed by atoms with Crippen LogP contribution in [0.2, 0.25) is 0 Å². The molecule has 3 atom stereocenters. The van der Waals surface area contributed by atoms with Crippen molar-refractivity contribution < 1.29 is 19.0 Å². The Morgan fingerprint density at radius 2 is 1.38 bits per heavy atom. The Hall–Kier alpha value is -4.71. The van der Waals surface area contributed by atoms with E-state index in [1.165, 1.54) is 51.6 Å². The van der Waals surface area contributed by atoms with Crippen molar-refractivity contribution in [3.8, 4) is 28.0 Å². The molecule has 5 heteroatoms. The van der Waals surface area contributed by atoms with E-state index in [0.29, 0.717) is 19.6 Å². The number of aryl methyl sites for hydroxylation is 2. The van der Waals surface area contributed by atoms with Gasteiger partial charge in [0.05, 0.1) is 12.1 Å². The van der Waals surface area contributed by atoms with Gasteiger partial charge in [0.2, 0.25) is 0 Å². The van der Waals surface area contributed by atoms with E-state index in [0.717, 1.165) is 24.2 Å². The molecule has 0 bridgehead atoms. The van der Waals surface area contributed by atoms with E-state index in [-0.39, 0.29) is 11.9 Å². The van der Waals surface area contributed by atoms with Gasteiger partial charge in [0.1, 0.15) is 12.4 Å². The highest BCUT2D eigenvalue weighted by atomic mass is 16.6. The molecule has 47 heavy (non-hydrogen) atoms. The second-order valence-electron chi connectivity index (χ2n) is 12.6. The standard InChI is InChI=1S/C42H43NO4/c1-4-46-41(44)39(45-3)25-29-15-22-36(23-16-29)47-28-42(2,43)40-37-24-21-33(30-11-7-5-8-12-30)26-35(37)20-18-32-17-19-34(27-38(32)40)31-13-9-6-10-14-31/h5-17,19,21-24,26-27,39-40H,4,18,20,25,28,43H2,1-3H3. The number of esters is 1. The third kappa shape index (κ3) is 7.32. The Morgan fingerprint density at radius 1 is 0.766 bits per heavy atom. The van der Waals surface area contributed by atoms with E-state index in [1.807, 2.05) is 30.3 Å². The normalized spacial score (nSPS) is 15.8. The largest absolute Gasteiger partial charge is 0.492 e. The monoisotopic (exact) mass is 625 g/mol. The zero-order valence-corrected chi connectivity index (χ0v) is 27.4. The van der Waals surface area contributed by atoms with Gasteiger partial charge >= 0.3 is 5.97 Å². The molecule has 1 aliphatic carbocycles. The summed E-state index contributed by atoms with van der Waals surface area (Å²) in [5.41, 5.74) is 17.5. The van der Waals surface area contributed by atoms with Gasteiger partial charge in [0.25, 0.3) is 0 Å². The average Bonchev–Trinajstić information content (AvgIpc) is 3.27. The number of hydrogen-bond acceptors (Lipinski definition) is 5. The maximum absolute atomic E-state index is 12.2. The van der Waals surface area contributed by atoms with Gasteiger partial charge in [0.15, 0.2) is 6.10 Å². The maximum Gasteiger partial charge on any atom is 0.335 e. The average molecular weight is 626 g/mol. The molecular formula is C42H43NO4. The predicted octanol–water partition coefficient (Wildman–Crippen LogP) is 8.17. The molecule has 0 saturated heterocycles. The third-order valence-electron chi connectivity index (χ3n) is 9.18. The molecule has 240 valence electrons. The molecule has 0 aliphatic heterocycles. The number of methoxy groups -OCH3 is 1.